The fourth-order valence-electron chi connectivity index (χ4n) is 2.52. The Bertz CT molecular complexity index is 510. The smallest absolute Gasteiger partial charge is 0.322 e. The van der Waals surface area contributed by atoms with E-state index in [1.54, 1.807) is 23.1 Å². The number of nitrogens with zero attached hydrogens (tertiary/aromatic N) is 1. The van der Waals surface area contributed by atoms with E-state index in [2.05, 4.69) is 5.32 Å². The monoisotopic (exact) mass is 278 g/mol. The highest BCUT2D eigenvalue weighted by molar-refractivity contribution is 5.89. The lowest BCUT2D eigenvalue weighted by molar-refractivity contribution is -0.0530. The van der Waals surface area contributed by atoms with E-state index >= 15 is 0 Å². The van der Waals surface area contributed by atoms with E-state index in [-0.39, 0.29) is 25.0 Å². The van der Waals surface area contributed by atoms with Crippen molar-refractivity contribution in [1.82, 2.24) is 4.90 Å². The molecule has 3 rings (SSSR count). The average Bonchev–Trinajstić information content (AvgIpc) is 2.85. The molecule has 1 aromatic rings. The third kappa shape index (κ3) is 2.65. The number of fused-ring (bicyclic) bond motifs is 1. The molecular weight excluding hydrogens is 260 g/mol. The Hall–Kier alpha value is -1.95. The number of anilines is 1. The molecule has 2 aliphatic rings. The maximum atomic E-state index is 12.2. The summed E-state index contributed by atoms with van der Waals surface area (Å²) in [6.45, 7) is 5.36. The van der Waals surface area contributed by atoms with Crippen LogP contribution in [-0.4, -0.2) is 43.0 Å². The van der Waals surface area contributed by atoms with Crippen molar-refractivity contribution >= 4 is 11.7 Å². The van der Waals surface area contributed by atoms with Crippen LogP contribution in [0.25, 0.3) is 0 Å². The topological polar surface area (TPSA) is 60.0 Å². The predicted molar refractivity (Wildman–Crippen MR) is 73.2 cm³/mol. The number of rotatable bonds is 1. The Morgan fingerprint density at radius 1 is 1.20 bits per heavy atom. The first-order valence-electron chi connectivity index (χ1n) is 6.73. The van der Waals surface area contributed by atoms with Gasteiger partial charge in [-0.1, -0.05) is 0 Å². The molecule has 0 aliphatic carbocycles. The Morgan fingerprint density at radius 3 is 2.65 bits per heavy atom. The fourth-order valence-corrected chi connectivity index (χ4v) is 2.52. The molecule has 0 aromatic heterocycles. The zero-order valence-electron chi connectivity index (χ0n) is 11.6. The maximum absolute atomic E-state index is 12.2. The summed E-state index contributed by atoms with van der Waals surface area (Å²) in [6.07, 6.45) is 0.113. The van der Waals surface area contributed by atoms with Gasteiger partial charge in [-0.25, -0.2) is 4.79 Å². The summed E-state index contributed by atoms with van der Waals surface area (Å²) in [5.74, 6) is 1.36. The van der Waals surface area contributed by atoms with Crippen LogP contribution >= 0.6 is 0 Å². The summed E-state index contributed by atoms with van der Waals surface area (Å²) >= 11 is 0. The van der Waals surface area contributed by atoms with Crippen molar-refractivity contribution < 1.29 is 19.0 Å². The van der Waals surface area contributed by atoms with Gasteiger partial charge in [0.1, 0.15) is 0 Å². The van der Waals surface area contributed by atoms with Gasteiger partial charge < -0.3 is 24.4 Å². The second-order valence-corrected chi connectivity index (χ2v) is 5.16. The third-order valence-electron chi connectivity index (χ3n) is 3.33. The molecule has 108 valence electrons. The molecule has 2 atom stereocenters. The average molecular weight is 278 g/mol. The Morgan fingerprint density at radius 2 is 1.90 bits per heavy atom. The molecule has 6 heteroatoms. The van der Waals surface area contributed by atoms with Crippen molar-refractivity contribution in [3.8, 4) is 11.5 Å². The number of morpholine rings is 1. The summed E-state index contributed by atoms with van der Waals surface area (Å²) < 4.78 is 16.2. The molecule has 2 heterocycles. The van der Waals surface area contributed by atoms with Gasteiger partial charge in [0, 0.05) is 24.8 Å². The molecule has 20 heavy (non-hydrogen) atoms. The number of hydrogen-bond acceptors (Lipinski definition) is 4. The van der Waals surface area contributed by atoms with E-state index in [0.717, 1.165) is 0 Å². The van der Waals surface area contributed by atoms with E-state index in [9.17, 15) is 4.79 Å². The summed E-state index contributed by atoms with van der Waals surface area (Å²) in [6, 6.07) is 5.25. The molecule has 2 amide bonds. The number of urea groups is 1. The Kier molecular flexibility index (Phi) is 3.40. The van der Waals surface area contributed by atoms with Gasteiger partial charge >= 0.3 is 6.03 Å². The summed E-state index contributed by atoms with van der Waals surface area (Å²) in [5.41, 5.74) is 0.700. The summed E-state index contributed by atoms with van der Waals surface area (Å²) in [7, 11) is 0. The fraction of sp³-hybridized carbons (Fsp3) is 0.500. The lowest BCUT2D eigenvalue weighted by Gasteiger charge is -2.35. The highest BCUT2D eigenvalue weighted by Crippen LogP contribution is 2.34. The van der Waals surface area contributed by atoms with Crippen molar-refractivity contribution in [1.29, 1.82) is 0 Å². The van der Waals surface area contributed by atoms with Crippen LogP contribution in [0.15, 0.2) is 18.2 Å². The molecule has 0 unspecified atom stereocenters. The second-order valence-electron chi connectivity index (χ2n) is 5.16. The maximum Gasteiger partial charge on any atom is 0.322 e. The normalized spacial score (nSPS) is 24.6. The van der Waals surface area contributed by atoms with Gasteiger partial charge in [-0.05, 0) is 26.0 Å². The number of carbonyl (C=O) groups is 1. The lowest BCUT2D eigenvalue weighted by atomic mass is 10.2. The van der Waals surface area contributed by atoms with Gasteiger partial charge in [-0.3, -0.25) is 0 Å². The van der Waals surface area contributed by atoms with Gasteiger partial charge in [0.15, 0.2) is 11.5 Å². The number of hydrogen-bond donors (Lipinski definition) is 1. The second kappa shape index (κ2) is 5.20. The van der Waals surface area contributed by atoms with Gasteiger partial charge in [0.2, 0.25) is 6.79 Å². The van der Waals surface area contributed by atoms with Gasteiger partial charge in [0.25, 0.3) is 0 Å². The van der Waals surface area contributed by atoms with Crippen LogP contribution in [0.2, 0.25) is 0 Å². The summed E-state index contributed by atoms with van der Waals surface area (Å²) in [5, 5.41) is 2.88. The van der Waals surface area contributed by atoms with Crippen LogP contribution in [0.4, 0.5) is 10.5 Å². The van der Waals surface area contributed by atoms with Gasteiger partial charge in [0.05, 0.1) is 12.2 Å². The summed E-state index contributed by atoms with van der Waals surface area (Å²) in [4.78, 5) is 14.0. The molecule has 1 saturated heterocycles. The van der Waals surface area contributed by atoms with Crippen LogP contribution in [0.1, 0.15) is 13.8 Å². The number of carbonyl (C=O) groups excluding carboxylic acids is 1. The van der Waals surface area contributed by atoms with Crippen molar-refractivity contribution in [3.05, 3.63) is 18.2 Å². The minimum atomic E-state index is -0.120. The van der Waals surface area contributed by atoms with E-state index in [1.165, 1.54) is 0 Å². The quantitative estimate of drug-likeness (QED) is 0.854. The van der Waals surface area contributed by atoms with Gasteiger partial charge in [-0.15, -0.1) is 0 Å². The van der Waals surface area contributed by atoms with E-state index in [0.29, 0.717) is 30.3 Å². The van der Waals surface area contributed by atoms with Crippen LogP contribution < -0.4 is 14.8 Å². The van der Waals surface area contributed by atoms with Gasteiger partial charge in [-0.2, -0.15) is 0 Å². The highest BCUT2D eigenvalue weighted by atomic mass is 16.7. The van der Waals surface area contributed by atoms with Crippen LogP contribution in [0.3, 0.4) is 0 Å². The Balaban J connectivity index is 1.66. The molecule has 0 saturated carbocycles. The first kappa shape index (κ1) is 13.1. The van der Waals surface area contributed by atoms with Crippen LogP contribution in [-0.2, 0) is 4.74 Å². The van der Waals surface area contributed by atoms with Crippen LogP contribution in [0, 0.1) is 0 Å². The molecule has 1 fully saturated rings. The number of nitrogens with one attached hydrogen (secondary N) is 1. The SMILES string of the molecule is C[C@@H]1CN(C(=O)Nc2ccc3c(c2)OCO3)C[C@@H](C)O1. The largest absolute Gasteiger partial charge is 0.454 e. The molecule has 1 aromatic carbocycles. The van der Waals surface area contributed by atoms with E-state index in [1.807, 2.05) is 13.8 Å². The molecular formula is C14H18N2O4. The van der Waals surface area contributed by atoms with Crippen molar-refractivity contribution in [2.24, 2.45) is 0 Å². The third-order valence-corrected chi connectivity index (χ3v) is 3.33. The number of ether oxygens (including phenoxy) is 3. The Labute approximate surface area is 117 Å². The molecule has 1 N–H and O–H groups in total. The lowest BCUT2D eigenvalue weighted by Crippen LogP contribution is -2.49. The zero-order valence-corrected chi connectivity index (χ0v) is 11.6. The molecule has 0 bridgehead atoms. The minimum absolute atomic E-state index is 0.0567. The molecule has 0 spiro atoms. The van der Waals surface area contributed by atoms with Crippen molar-refractivity contribution in [2.75, 3.05) is 25.2 Å². The number of benzene rings is 1. The molecule has 2 aliphatic heterocycles. The van der Waals surface area contributed by atoms with Crippen molar-refractivity contribution in [3.63, 3.8) is 0 Å². The highest BCUT2D eigenvalue weighted by Gasteiger charge is 2.26. The first-order chi connectivity index (χ1) is 9.61. The molecule has 0 radical (unpaired) electrons. The van der Waals surface area contributed by atoms with E-state index in [4.69, 9.17) is 14.2 Å². The zero-order chi connectivity index (χ0) is 14.1. The first-order valence-corrected chi connectivity index (χ1v) is 6.73. The number of amides is 2. The molecule has 6 nitrogen and oxygen atoms in total. The van der Waals surface area contributed by atoms with Crippen molar-refractivity contribution in [2.45, 2.75) is 26.1 Å². The standard InChI is InChI=1S/C14H18N2O4/c1-9-6-16(7-10(2)20-9)14(17)15-11-3-4-12-13(5-11)19-8-18-12/h3-5,9-10H,6-8H2,1-2H3,(H,15,17)/t9-,10-/m1/s1. The van der Waals surface area contributed by atoms with Crippen LogP contribution in [0.5, 0.6) is 11.5 Å². The predicted octanol–water partition coefficient (Wildman–Crippen LogP) is 2.06. The minimum Gasteiger partial charge on any atom is -0.454 e. The van der Waals surface area contributed by atoms with E-state index < -0.39 is 0 Å².